The number of ketones is 2. The van der Waals surface area contributed by atoms with E-state index in [0.717, 1.165) is 22.6 Å². The van der Waals surface area contributed by atoms with Crippen molar-refractivity contribution in [2.45, 2.75) is 38.4 Å². The minimum absolute atomic E-state index is 0.0988. The molecule has 0 aliphatic carbocycles. The zero-order chi connectivity index (χ0) is 20.2. The first-order valence-corrected chi connectivity index (χ1v) is 9.74. The molecule has 0 aromatic heterocycles. The quantitative estimate of drug-likeness (QED) is 0.725. The van der Waals surface area contributed by atoms with Crippen molar-refractivity contribution in [1.82, 2.24) is 0 Å². The number of hydrogen-bond donors (Lipinski definition) is 0. The molecule has 0 spiro atoms. The van der Waals surface area contributed by atoms with Gasteiger partial charge in [-0.2, -0.15) is 0 Å². The van der Waals surface area contributed by atoms with E-state index in [-0.39, 0.29) is 18.0 Å². The van der Waals surface area contributed by atoms with E-state index in [4.69, 9.17) is 9.68 Å². The van der Waals surface area contributed by atoms with Gasteiger partial charge >= 0.3 is 0 Å². The highest BCUT2D eigenvalue weighted by Crippen LogP contribution is 2.23. The number of oxime groups is 2. The van der Waals surface area contributed by atoms with E-state index in [1.165, 1.54) is 0 Å². The molecule has 0 unspecified atom stereocenters. The molecule has 2 aliphatic heterocycles. The zero-order valence-corrected chi connectivity index (χ0v) is 16.2. The number of Topliss-reactive ketones (excluding diaryl/α,β-unsaturated/α-hetero) is 2. The fraction of sp³-hybridized carbons (Fsp3) is 0.304. The minimum atomic E-state index is -0.645. The zero-order valence-electron chi connectivity index (χ0n) is 16.2. The van der Waals surface area contributed by atoms with E-state index >= 15 is 0 Å². The van der Waals surface area contributed by atoms with E-state index in [2.05, 4.69) is 10.3 Å². The Balaban J connectivity index is 1.29. The SMILES string of the molecule is C[C@@H](CC(=O)[C@@H]1CC(c2ccccc2)=NO1)C(=O)[C@@H]1CC(c2ccccc2)=NO1. The Morgan fingerprint density at radius 3 is 1.90 bits per heavy atom. The predicted molar refractivity (Wildman–Crippen MR) is 109 cm³/mol. The van der Waals surface area contributed by atoms with Gasteiger partial charge in [0.05, 0.1) is 11.4 Å². The molecule has 4 rings (SSSR count). The van der Waals surface area contributed by atoms with Crippen molar-refractivity contribution in [2.75, 3.05) is 0 Å². The van der Waals surface area contributed by atoms with Crippen molar-refractivity contribution in [3.8, 4) is 0 Å². The van der Waals surface area contributed by atoms with Crippen molar-refractivity contribution < 1.29 is 19.3 Å². The second-order valence-electron chi connectivity index (χ2n) is 7.38. The fourth-order valence-corrected chi connectivity index (χ4v) is 3.53. The van der Waals surface area contributed by atoms with Crippen molar-refractivity contribution >= 4 is 23.0 Å². The topological polar surface area (TPSA) is 77.3 Å². The maximum absolute atomic E-state index is 12.7. The highest BCUT2D eigenvalue weighted by molar-refractivity contribution is 6.06. The second kappa shape index (κ2) is 8.39. The normalized spacial score (nSPS) is 21.6. The van der Waals surface area contributed by atoms with Gasteiger partial charge in [-0.1, -0.05) is 77.9 Å². The lowest BCUT2D eigenvalue weighted by Gasteiger charge is -2.15. The summed E-state index contributed by atoms with van der Waals surface area (Å²) in [5.74, 6) is -0.708. The molecule has 6 nitrogen and oxygen atoms in total. The number of carbonyl (C=O) groups is 2. The summed E-state index contributed by atoms with van der Waals surface area (Å²) in [5, 5.41) is 8.11. The van der Waals surface area contributed by atoms with Crippen molar-refractivity contribution in [1.29, 1.82) is 0 Å². The molecule has 6 heteroatoms. The third kappa shape index (κ3) is 4.26. The van der Waals surface area contributed by atoms with Gasteiger partial charge < -0.3 is 9.68 Å². The summed E-state index contributed by atoms with van der Waals surface area (Å²) in [7, 11) is 0. The van der Waals surface area contributed by atoms with Crippen molar-refractivity contribution in [3.63, 3.8) is 0 Å². The summed E-state index contributed by atoms with van der Waals surface area (Å²) in [6.45, 7) is 1.75. The maximum atomic E-state index is 12.7. The van der Waals surface area contributed by atoms with Gasteiger partial charge in [-0.15, -0.1) is 0 Å². The van der Waals surface area contributed by atoms with Crippen LogP contribution >= 0.6 is 0 Å². The summed E-state index contributed by atoms with van der Waals surface area (Å²) < 4.78 is 0. The van der Waals surface area contributed by atoms with Crippen LogP contribution in [0.25, 0.3) is 0 Å². The summed E-state index contributed by atoms with van der Waals surface area (Å²) in [5.41, 5.74) is 3.39. The van der Waals surface area contributed by atoms with Crippen LogP contribution in [-0.4, -0.2) is 35.2 Å². The number of rotatable bonds is 7. The Labute approximate surface area is 169 Å². The Kier molecular flexibility index (Phi) is 5.51. The molecule has 2 heterocycles. The molecule has 0 radical (unpaired) electrons. The minimum Gasteiger partial charge on any atom is -0.384 e. The predicted octanol–water partition coefficient (Wildman–Crippen LogP) is 3.54. The van der Waals surface area contributed by atoms with Crippen molar-refractivity contribution in [2.24, 2.45) is 16.2 Å². The van der Waals surface area contributed by atoms with Crippen LogP contribution in [0.4, 0.5) is 0 Å². The number of carbonyl (C=O) groups excluding carboxylic acids is 2. The van der Waals surface area contributed by atoms with Gasteiger partial charge in [-0.25, -0.2) is 0 Å². The third-order valence-electron chi connectivity index (χ3n) is 5.22. The molecule has 0 bridgehead atoms. The standard InChI is InChI=1S/C23H22N2O4/c1-15(23(27)22-14-19(25-29-22)17-10-6-3-7-11-17)12-20(26)21-13-18(24-28-21)16-8-4-2-5-9-16/h2-11,15,21-22H,12-14H2,1H3/t15-,21-,22-/m0/s1. The molecule has 2 aromatic rings. The van der Waals surface area contributed by atoms with Crippen molar-refractivity contribution in [3.05, 3.63) is 71.8 Å². The van der Waals surface area contributed by atoms with Gasteiger partial charge in [-0.05, 0) is 11.1 Å². The molecule has 2 aliphatic rings. The lowest BCUT2D eigenvalue weighted by Crippen LogP contribution is -2.31. The Hall–Kier alpha value is -3.28. The van der Waals surface area contributed by atoms with E-state index in [9.17, 15) is 9.59 Å². The number of hydrogen-bond acceptors (Lipinski definition) is 6. The summed E-state index contributed by atoms with van der Waals surface area (Å²) in [4.78, 5) is 36.1. The van der Waals surface area contributed by atoms with E-state index in [1.54, 1.807) is 6.92 Å². The lowest BCUT2D eigenvalue weighted by atomic mass is 9.90. The second-order valence-corrected chi connectivity index (χ2v) is 7.38. The van der Waals surface area contributed by atoms with Gasteiger partial charge in [-0.3, -0.25) is 9.59 Å². The third-order valence-corrected chi connectivity index (χ3v) is 5.22. The Morgan fingerprint density at radius 1 is 0.862 bits per heavy atom. The number of nitrogens with zero attached hydrogens (tertiary/aromatic N) is 2. The first-order valence-electron chi connectivity index (χ1n) is 9.74. The highest BCUT2D eigenvalue weighted by atomic mass is 16.6. The average Bonchev–Trinajstić information content (AvgIpc) is 3.45. The van der Waals surface area contributed by atoms with Crippen LogP contribution in [0.5, 0.6) is 0 Å². The van der Waals surface area contributed by atoms with E-state index < -0.39 is 18.1 Å². The van der Waals surface area contributed by atoms with Crippen LogP contribution in [0, 0.1) is 5.92 Å². The van der Waals surface area contributed by atoms with Crippen LogP contribution in [0.1, 0.15) is 37.3 Å². The van der Waals surface area contributed by atoms with Gasteiger partial charge in [0.1, 0.15) is 0 Å². The molecule has 0 saturated carbocycles. The highest BCUT2D eigenvalue weighted by Gasteiger charge is 2.35. The molecule has 0 amide bonds. The molecular weight excluding hydrogens is 368 g/mol. The van der Waals surface area contributed by atoms with Crippen LogP contribution in [-0.2, 0) is 19.3 Å². The smallest absolute Gasteiger partial charge is 0.191 e. The van der Waals surface area contributed by atoms with Gasteiger partial charge in [0.25, 0.3) is 0 Å². The number of benzene rings is 2. The summed E-state index contributed by atoms with van der Waals surface area (Å²) in [6, 6.07) is 19.3. The first kappa shape index (κ1) is 19.1. The van der Waals surface area contributed by atoms with Crippen LogP contribution < -0.4 is 0 Å². The van der Waals surface area contributed by atoms with Gasteiger partial charge in [0.15, 0.2) is 23.8 Å². The Morgan fingerprint density at radius 2 is 1.34 bits per heavy atom. The summed E-state index contributed by atoms with van der Waals surface area (Å²) in [6.07, 6.45) is -0.343. The van der Waals surface area contributed by atoms with Gasteiger partial charge in [0, 0.05) is 25.2 Å². The largest absolute Gasteiger partial charge is 0.384 e. The van der Waals surface area contributed by atoms with Crippen LogP contribution in [0.3, 0.4) is 0 Å². The molecule has 0 saturated heterocycles. The molecular formula is C23H22N2O4. The maximum Gasteiger partial charge on any atom is 0.191 e. The molecule has 0 fully saturated rings. The first-order chi connectivity index (χ1) is 14.1. The molecule has 2 aromatic carbocycles. The lowest BCUT2D eigenvalue weighted by molar-refractivity contribution is -0.137. The molecule has 3 atom stereocenters. The molecule has 29 heavy (non-hydrogen) atoms. The van der Waals surface area contributed by atoms with Crippen LogP contribution in [0.2, 0.25) is 0 Å². The molecule has 0 N–H and O–H groups in total. The Bertz CT molecular complexity index is 953. The fourth-order valence-electron chi connectivity index (χ4n) is 3.53. The van der Waals surface area contributed by atoms with E-state index in [1.807, 2.05) is 60.7 Å². The average molecular weight is 390 g/mol. The van der Waals surface area contributed by atoms with Gasteiger partial charge in [0.2, 0.25) is 0 Å². The monoisotopic (exact) mass is 390 g/mol. The summed E-state index contributed by atoms with van der Waals surface area (Å²) >= 11 is 0. The van der Waals surface area contributed by atoms with E-state index in [0.29, 0.717) is 12.8 Å². The molecule has 148 valence electrons. The van der Waals surface area contributed by atoms with Crippen LogP contribution in [0.15, 0.2) is 71.0 Å².